The van der Waals surface area contributed by atoms with Gasteiger partial charge < -0.3 is 15.0 Å². The summed E-state index contributed by atoms with van der Waals surface area (Å²) in [7, 11) is 1.62. The van der Waals surface area contributed by atoms with Crippen molar-refractivity contribution in [1.82, 2.24) is 9.55 Å². The minimum Gasteiger partial charge on any atom is -0.481 e. The summed E-state index contributed by atoms with van der Waals surface area (Å²) in [6.45, 7) is 1.40. The van der Waals surface area contributed by atoms with E-state index < -0.39 is 0 Å². The van der Waals surface area contributed by atoms with Gasteiger partial charge in [0.25, 0.3) is 0 Å². The second kappa shape index (κ2) is 3.67. The van der Waals surface area contributed by atoms with Gasteiger partial charge in [-0.2, -0.15) is 4.98 Å². The lowest BCUT2D eigenvalue weighted by Crippen LogP contribution is -2.09. The van der Waals surface area contributed by atoms with Crippen LogP contribution in [0.1, 0.15) is 0 Å². The van der Waals surface area contributed by atoms with Crippen molar-refractivity contribution >= 4 is 11.0 Å². The molecule has 0 aliphatic heterocycles. The van der Waals surface area contributed by atoms with Gasteiger partial charge in [-0.3, -0.25) is 0 Å². The van der Waals surface area contributed by atoms with Crippen molar-refractivity contribution in [3.8, 4) is 5.88 Å². The van der Waals surface area contributed by atoms with Crippen LogP contribution in [0.2, 0.25) is 0 Å². The van der Waals surface area contributed by atoms with Crippen LogP contribution >= 0.6 is 0 Å². The summed E-state index contributed by atoms with van der Waals surface area (Å²) in [6, 6.07) is 5.88. The van der Waals surface area contributed by atoms with Crippen LogP contribution in [0.15, 0.2) is 24.4 Å². The van der Waals surface area contributed by atoms with E-state index in [1.165, 1.54) is 0 Å². The van der Waals surface area contributed by atoms with Gasteiger partial charge in [-0.25, -0.2) is 0 Å². The number of hydrogen-bond donors (Lipinski definition) is 1. The van der Waals surface area contributed by atoms with Gasteiger partial charge in [0, 0.05) is 30.7 Å². The summed E-state index contributed by atoms with van der Waals surface area (Å²) in [5.41, 5.74) is 6.43. The van der Waals surface area contributed by atoms with Crippen molar-refractivity contribution < 1.29 is 4.74 Å². The highest BCUT2D eigenvalue weighted by molar-refractivity contribution is 5.76. The average molecular weight is 191 g/mol. The number of ether oxygens (including phenoxy) is 1. The van der Waals surface area contributed by atoms with Crippen molar-refractivity contribution in [2.24, 2.45) is 5.73 Å². The van der Waals surface area contributed by atoms with Crippen molar-refractivity contribution in [1.29, 1.82) is 0 Å². The van der Waals surface area contributed by atoms with Crippen molar-refractivity contribution in [3.63, 3.8) is 0 Å². The molecule has 2 N–H and O–H groups in total. The van der Waals surface area contributed by atoms with Crippen LogP contribution < -0.4 is 10.5 Å². The molecule has 0 saturated heterocycles. The van der Waals surface area contributed by atoms with E-state index in [1.54, 1.807) is 7.11 Å². The number of fused-ring (bicyclic) bond motifs is 1. The first-order chi connectivity index (χ1) is 6.85. The minimum absolute atomic E-state index is 0.614. The molecule has 4 heteroatoms. The fourth-order valence-electron chi connectivity index (χ4n) is 1.48. The van der Waals surface area contributed by atoms with Crippen molar-refractivity contribution in [2.75, 3.05) is 13.7 Å². The molecule has 0 spiro atoms. The normalized spacial score (nSPS) is 10.7. The smallest absolute Gasteiger partial charge is 0.214 e. The van der Waals surface area contributed by atoms with E-state index in [0.717, 1.165) is 17.6 Å². The molecule has 4 nitrogen and oxygen atoms in total. The van der Waals surface area contributed by atoms with Gasteiger partial charge in [0.2, 0.25) is 5.88 Å². The van der Waals surface area contributed by atoms with Crippen LogP contribution in [0.4, 0.5) is 0 Å². The number of pyridine rings is 1. The van der Waals surface area contributed by atoms with Gasteiger partial charge in [-0.1, -0.05) is 0 Å². The summed E-state index contributed by atoms with van der Waals surface area (Å²) >= 11 is 0. The molecular weight excluding hydrogens is 178 g/mol. The zero-order chi connectivity index (χ0) is 9.97. The Morgan fingerprint density at radius 2 is 2.29 bits per heavy atom. The van der Waals surface area contributed by atoms with E-state index >= 15 is 0 Å². The Bertz CT molecular complexity index is 436. The topological polar surface area (TPSA) is 53.1 Å². The van der Waals surface area contributed by atoms with Crippen LogP contribution in [0.3, 0.4) is 0 Å². The lowest BCUT2D eigenvalue weighted by molar-refractivity contribution is 0.399. The van der Waals surface area contributed by atoms with Gasteiger partial charge in [-0.05, 0) is 12.1 Å². The molecule has 0 aliphatic carbocycles. The molecule has 0 amide bonds. The second-order valence-corrected chi connectivity index (χ2v) is 3.06. The number of hydrogen-bond acceptors (Lipinski definition) is 3. The Labute approximate surface area is 82.3 Å². The van der Waals surface area contributed by atoms with Gasteiger partial charge in [-0.15, -0.1) is 0 Å². The monoisotopic (exact) mass is 191 g/mol. The quantitative estimate of drug-likeness (QED) is 0.787. The molecule has 74 valence electrons. The predicted molar refractivity (Wildman–Crippen MR) is 55.3 cm³/mol. The highest BCUT2D eigenvalue weighted by Gasteiger charge is 2.02. The van der Waals surface area contributed by atoms with Gasteiger partial charge in [0.05, 0.1) is 7.11 Å². The molecule has 2 aromatic heterocycles. The highest BCUT2D eigenvalue weighted by Crippen LogP contribution is 2.17. The van der Waals surface area contributed by atoms with Crippen LogP contribution in [-0.2, 0) is 6.54 Å². The Morgan fingerprint density at radius 1 is 1.43 bits per heavy atom. The number of rotatable bonds is 3. The molecule has 0 unspecified atom stereocenters. The maximum Gasteiger partial charge on any atom is 0.214 e. The Kier molecular flexibility index (Phi) is 2.37. The fourth-order valence-corrected chi connectivity index (χ4v) is 1.48. The van der Waals surface area contributed by atoms with E-state index in [-0.39, 0.29) is 0 Å². The molecule has 0 radical (unpaired) electrons. The molecule has 0 aliphatic rings. The molecule has 2 rings (SSSR count). The largest absolute Gasteiger partial charge is 0.481 e. The van der Waals surface area contributed by atoms with Crippen LogP contribution in [0.25, 0.3) is 11.0 Å². The third-order valence-corrected chi connectivity index (χ3v) is 2.16. The first kappa shape index (κ1) is 9.02. The molecular formula is C10H13N3O. The summed E-state index contributed by atoms with van der Waals surface area (Å²) < 4.78 is 7.09. The maximum atomic E-state index is 5.50. The Morgan fingerprint density at radius 3 is 3.00 bits per heavy atom. The number of nitrogens with zero attached hydrogens (tertiary/aromatic N) is 2. The van der Waals surface area contributed by atoms with Crippen LogP contribution in [0, 0.1) is 0 Å². The van der Waals surface area contributed by atoms with Crippen LogP contribution in [-0.4, -0.2) is 23.2 Å². The molecule has 0 bridgehead atoms. The molecule has 2 heterocycles. The predicted octanol–water partition coefficient (Wildman–Crippen LogP) is 1.00. The highest BCUT2D eigenvalue weighted by atomic mass is 16.5. The van der Waals surface area contributed by atoms with E-state index in [2.05, 4.69) is 4.98 Å². The first-order valence-electron chi connectivity index (χ1n) is 4.55. The molecule has 14 heavy (non-hydrogen) atoms. The van der Waals surface area contributed by atoms with E-state index in [9.17, 15) is 0 Å². The summed E-state index contributed by atoms with van der Waals surface area (Å²) in [5, 5.41) is 1.11. The molecule has 0 aromatic carbocycles. The Balaban J connectivity index is 2.52. The SMILES string of the molecule is COc1ccc2ccn(CCN)c2n1. The lowest BCUT2D eigenvalue weighted by atomic mass is 10.3. The zero-order valence-corrected chi connectivity index (χ0v) is 8.10. The molecule has 0 atom stereocenters. The van der Waals surface area contributed by atoms with E-state index in [1.807, 2.05) is 29.0 Å². The molecule has 0 saturated carbocycles. The third-order valence-electron chi connectivity index (χ3n) is 2.16. The lowest BCUT2D eigenvalue weighted by Gasteiger charge is -2.03. The Hall–Kier alpha value is -1.55. The van der Waals surface area contributed by atoms with E-state index in [0.29, 0.717) is 12.4 Å². The van der Waals surface area contributed by atoms with Gasteiger partial charge in [0.15, 0.2) is 0 Å². The summed E-state index contributed by atoms with van der Waals surface area (Å²) in [5.74, 6) is 0.634. The third kappa shape index (κ3) is 1.44. The summed E-state index contributed by atoms with van der Waals surface area (Å²) in [4.78, 5) is 4.36. The second-order valence-electron chi connectivity index (χ2n) is 3.06. The van der Waals surface area contributed by atoms with Crippen LogP contribution in [0.5, 0.6) is 5.88 Å². The first-order valence-corrected chi connectivity index (χ1v) is 4.55. The van der Waals surface area contributed by atoms with Crippen molar-refractivity contribution in [2.45, 2.75) is 6.54 Å². The van der Waals surface area contributed by atoms with Crippen molar-refractivity contribution in [3.05, 3.63) is 24.4 Å². The van der Waals surface area contributed by atoms with Gasteiger partial charge >= 0.3 is 0 Å². The van der Waals surface area contributed by atoms with E-state index in [4.69, 9.17) is 10.5 Å². The molecule has 0 fully saturated rings. The maximum absolute atomic E-state index is 5.50. The summed E-state index contributed by atoms with van der Waals surface area (Å²) in [6.07, 6.45) is 1.99. The standard InChI is InChI=1S/C10H13N3O/c1-14-9-3-2-8-4-6-13(7-5-11)10(8)12-9/h2-4,6H,5,7,11H2,1H3. The zero-order valence-electron chi connectivity index (χ0n) is 8.10. The average Bonchev–Trinajstić information content (AvgIpc) is 2.61. The number of aromatic nitrogens is 2. The van der Waals surface area contributed by atoms with Gasteiger partial charge in [0.1, 0.15) is 5.65 Å². The number of nitrogens with two attached hydrogens (primary N) is 1. The number of methoxy groups -OCH3 is 1. The minimum atomic E-state index is 0.614. The fraction of sp³-hybridized carbons (Fsp3) is 0.300. The molecule has 2 aromatic rings.